The topological polar surface area (TPSA) is 68.9 Å². The van der Waals surface area contributed by atoms with Gasteiger partial charge in [0.25, 0.3) is 0 Å². The number of ether oxygens (including phenoxy) is 2. The minimum absolute atomic E-state index is 0.0642. The summed E-state index contributed by atoms with van der Waals surface area (Å²) in [5.41, 5.74) is 0.701. The molecule has 0 bridgehead atoms. The summed E-state index contributed by atoms with van der Waals surface area (Å²) in [6.07, 6.45) is 0. The quantitative estimate of drug-likeness (QED) is 0.558. The van der Waals surface area contributed by atoms with E-state index in [-0.39, 0.29) is 16.6 Å². The molecule has 4 aromatic rings. The van der Waals surface area contributed by atoms with Crippen LogP contribution in [0.25, 0.3) is 33.1 Å². The zero-order valence-electron chi connectivity index (χ0n) is 14.3. The van der Waals surface area contributed by atoms with E-state index in [2.05, 4.69) is 0 Å². The molecular formula is C21H16O5. The molecule has 0 radical (unpaired) electrons. The van der Waals surface area contributed by atoms with Crippen LogP contribution in [0.5, 0.6) is 17.2 Å². The van der Waals surface area contributed by atoms with Gasteiger partial charge in [0.05, 0.1) is 14.2 Å². The summed E-state index contributed by atoms with van der Waals surface area (Å²) >= 11 is 0. The Bertz CT molecular complexity index is 1190. The number of benzene rings is 3. The number of rotatable bonds is 3. The highest BCUT2D eigenvalue weighted by Crippen LogP contribution is 2.36. The molecule has 0 aliphatic carbocycles. The van der Waals surface area contributed by atoms with Crippen LogP contribution >= 0.6 is 0 Å². The van der Waals surface area contributed by atoms with E-state index >= 15 is 0 Å². The largest absolute Gasteiger partial charge is 0.506 e. The molecule has 0 saturated heterocycles. The Kier molecular flexibility index (Phi) is 3.77. The lowest BCUT2D eigenvalue weighted by Crippen LogP contribution is -2.01. The van der Waals surface area contributed by atoms with Crippen LogP contribution in [0.3, 0.4) is 0 Å². The lowest BCUT2D eigenvalue weighted by atomic mass is 10.0. The predicted molar refractivity (Wildman–Crippen MR) is 100 cm³/mol. The van der Waals surface area contributed by atoms with Gasteiger partial charge in [-0.3, -0.25) is 4.79 Å². The van der Waals surface area contributed by atoms with Gasteiger partial charge in [0.15, 0.2) is 16.9 Å². The van der Waals surface area contributed by atoms with E-state index in [1.54, 1.807) is 44.6 Å². The van der Waals surface area contributed by atoms with Gasteiger partial charge in [-0.1, -0.05) is 24.3 Å². The summed E-state index contributed by atoms with van der Waals surface area (Å²) in [7, 11) is 3.10. The van der Waals surface area contributed by atoms with E-state index in [0.29, 0.717) is 33.8 Å². The number of phenols is 1. The monoisotopic (exact) mass is 348 g/mol. The summed E-state index contributed by atoms with van der Waals surface area (Å²) in [6.45, 7) is 0. The first kappa shape index (κ1) is 16.0. The molecule has 0 saturated carbocycles. The van der Waals surface area contributed by atoms with Gasteiger partial charge in [-0.25, -0.2) is 0 Å². The van der Waals surface area contributed by atoms with Crippen molar-refractivity contribution in [3.8, 4) is 28.6 Å². The number of phenolic OH excluding ortho intramolecular Hbond substituents is 1. The number of aromatic hydroxyl groups is 1. The zero-order valence-corrected chi connectivity index (χ0v) is 14.3. The Morgan fingerprint density at radius 2 is 1.69 bits per heavy atom. The fourth-order valence-electron chi connectivity index (χ4n) is 3.09. The van der Waals surface area contributed by atoms with Crippen LogP contribution in [0.15, 0.2) is 63.8 Å². The van der Waals surface area contributed by atoms with Crippen LogP contribution in [0.4, 0.5) is 0 Å². The Labute approximate surface area is 149 Å². The molecule has 1 aromatic heterocycles. The molecule has 4 rings (SSSR count). The fraction of sp³-hybridized carbons (Fsp3) is 0.0952. The van der Waals surface area contributed by atoms with E-state index in [9.17, 15) is 9.90 Å². The van der Waals surface area contributed by atoms with Gasteiger partial charge in [-0.05, 0) is 29.7 Å². The molecule has 1 N–H and O–H groups in total. The van der Waals surface area contributed by atoms with Gasteiger partial charge in [0.2, 0.25) is 0 Å². The van der Waals surface area contributed by atoms with E-state index in [1.165, 1.54) is 6.07 Å². The highest BCUT2D eigenvalue weighted by atomic mass is 16.5. The molecule has 0 aliphatic heterocycles. The maximum absolute atomic E-state index is 12.6. The van der Waals surface area contributed by atoms with E-state index in [0.717, 1.165) is 5.39 Å². The summed E-state index contributed by atoms with van der Waals surface area (Å²) in [6, 6.07) is 15.7. The Morgan fingerprint density at radius 1 is 0.923 bits per heavy atom. The maximum Gasteiger partial charge on any atom is 0.197 e. The van der Waals surface area contributed by atoms with Gasteiger partial charge in [0.1, 0.15) is 22.5 Å². The van der Waals surface area contributed by atoms with E-state index in [4.69, 9.17) is 13.9 Å². The number of fused-ring (bicyclic) bond motifs is 2. The third-order valence-corrected chi connectivity index (χ3v) is 4.38. The first-order chi connectivity index (χ1) is 12.6. The van der Waals surface area contributed by atoms with Gasteiger partial charge < -0.3 is 19.0 Å². The zero-order chi connectivity index (χ0) is 18.3. The number of hydrogen-bond donors (Lipinski definition) is 1. The fourth-order valence-corrected chi connectivity index (χ4v) is 3.09. The van der Waals surface area contributed by atoms with Gasteiger partial charge in [-0.2, -0.15) is 0 Å². The summed E-state index contributed by atoms with van der Waals surface area (Å²) < 4.78 is 16.5. The van der Waals surface area contributed by atoms with Crippen molar-refractivity contribution in [2.75, 3.05) is 14.2 Å². The third kappa shape index (κ3) is 2.45. The lowest BCUT2D eigenvalue weighted by molar-refractivity contribution is 0.355. The van der Waals surface area contributed by atoms with Crippen LogP contribution in [0.1, 0.15) is 0 Å². The van der Waals surface area contributed by atoms with Crippen molar-refractivity contribution in [3.05, 3.63) is 64.8 Å². The molecule has 130 valence electrons. The maximum atomic E-state index is 12.6. The highest BCUT2D eigenvalue weighted by Gasteiger charge is 2.15. The predicted octanol–water partition coefficient (Wildman–Crippen LogP) is 4.34. The average molecular weight is 348 g/mol. The summed E-state index contributed by atoms with van der Waals surface area (Å²) in [5, 5.41) is 12.1. The molecule has 26 heavy (non-hydrogen) atoms. The molecule has 1 heterocycles. The van der Waals surface area contributed by atoms with Crippen molar-refractivity contribution in [1.29, 1.82) is 0 Å². The Morgan fingerprint density at radius 3 is 2.46 bits per heavy atom. The van der Waals surface area contributed by atoms with Crippen molar-refractivity contribution in [2.45, 2.75) is 0 Å². The van der Waals surface area contributed by atoms with E-state index < -0.39 is 0 Å². The van der Waals surface area contributed by atoms with Crippen molar-refractivity contribution in [3.63, 3.8) is 0 Å². The molecule has 0 amide bonds. The normalized spacial score (nSPS) is 11.0. The molecule has 0 atom stereocenters. The smallest absolute Gasteiger partial charge is 0.197 e. The van der Waals surface area contributed by atoms with Crippen molar-refractivity contribution >= 4 is 21.7 Å². The Hall–Kier alpha value is -3.47. The van der Waals surface area contributed by atoms with Crippen LogP contribution in [-0.4, -0.2) is 19.3 Å². The molecule has 5 heteroatoms. The number of hydrogen-bond acceptors (Lipinski definition) is 5. The first-order valence-corrected chi connectivity index (χ1v) is 8.03. The SMILES string of the molecule is COc1ccc(-c2cc(=O)c3c(O)c4ccccc4cc3o2)cc1OC. The second-order valence-electron chi connectivity index (χ2n) is 5.86. The summed E-state index contributed by atoms with van der Waals surface area (Å²) in [5.74, 6) is 1.45. The second-order valence-corrected chi connectivity index (χ2v) is 5.86. The summed E-state index contributed by atoms with van der Waals surface area (Å²) in [4.78, 5) is 12.6. The molecule has 0 unspecified atom stereocenters. The van der Waals surface area contributed by atoms with Crippen molar-refractivity contribution < 1.29 is 19.0 Å². The first-order valence-electron chi connectivity index (χ1n) is 8.03. The van der Waals surface area contributed by atoms with Gasteiger partial charge in [-0.15, -0.1) is 0 Å². The molecule has 0 fully saturated rings. The average Bonchev–Trinajstić information content (AvgIpc) is 2.67. The lowest BCUT2D eigenvalue weighted by Gasteiger charge is -2.10. The minimum atomic E-state index is -0.306. The number of methoxy groups -OCH3 is 2. The minimum Gasteiger partial charge on any atom is -0.506 e. The standard InChI is InChI=1S/C21H16O5/c1-24-16-8-7-13(10-18(16)25-2)17-11-15(22)20-19(26-17)9-12-5-3-4-6-14(12)21(20)23/h3-11,23H,1-2H3. The van der Waals surface area contributed by atoms with Crippen LogP contribution in [-0.2, 0) is 0 Å². The highest BCUT2D eigenvalue weighted by molar-refractivity contribution is 6.03. The van der Waals surface area contributed by atoms with Crippen LogP contribution in [0.2, 0.25) is 0 Å². The molecule has 3 aromatic carbocycles. The van der Waals surface area contributed by atoms with Crippen LogP contribution in [0, 0.1) is 0 Å². The van der Waals surface area contributed by atoms with Gasteiger partial charge >= 0.3 is 0 Å². The van der Waals surface area contributed by atoms with Crippen molar-refractivity contribution in [1.82, 2.24) is 0 Å². The second kappa shape index (κ2) is 6.11. The third-order valence-electron chi connectivity index (χ3n) is 4.38. The van der Waals surface area contributed by atoms with Gasteiger partial charge in [0, 0.05) is 17.0 Å². The molecule has 0 spiro atoms. The molecular weight excluding hydrogens is 332 g/mol. The van der Waals surface area contributed by atoms with E-state index in [1.807, 2.05) is 18.2 Å². The van der Waals surface area contributed by atoms with Crippen molar-refractivity contribution in [2.24, 2.45) is 0 Å². The molecule has 0 aliphatic rings. The molecule has 5 nitrogen and oxygen atoms in total. The Balaban J connectivity index is 1.98. The van der Waals surface area contributed by atoms with Crippen LogP contribution < -0.4 is 14.9 Å².